The second kappa shape index (κ2) is 7.32. The van der Waals surface area contributed by atoms with E-state index in [1.807, 2.05) is 0 Å². The van der Waals surface area contributed by atoms with Crippen LogP contribution in [0.1, 0.15) is 17.1 Å². The molecule has 0 aliphatic heterocycles. The molecule has 0 saturated heterocycles. The van der Waals surface area contributed by atoms with Crippen molar-refractivity contribution >= 4 is 23.8 Å². The number of aromatic nitrogens is 2. The van der Waals surface area contributed by atoms with Gasteiger partial charge in [0.2, 0.25) is 0 Å². The number of ether oxygens (including phenoxy) is 1. The average Bonchev–Trinajstić information content (AvgIpc) is 3.08. The van der Waals surface area contributed by atoms with Crippen LogP contribution in [0, 0.1) is 0 Å². The Kier molecular flexibility index (Phi) is 5.09. The van der Waals surface area contributed by atoms with Crippen LogP contribution in [0.25, 0.3) is 23.5 Å². The van der Waals surface area contributed by atoms with Crippen molar-refractivity contribution in [1.82, 2.24) is 9.97 Å². The van der Waals surface area contributed by atoms with Gasteiger partial charge >= 0.3 is 11.9 Å². The second-order valence-corrected chi connectivity index (χ2v) is 5.81. The van der Waals surface area contributed by atoms with E-state index in [0.29, 0.717) is 27.9 Å². The van der Waals surface area contributed by atoms with Crippen molar-refractivity contribution in [3.63, 3.8) is 0 Å². The van der Waals surface area contributed by atoms with Gasteiger partial charge in [-0.3, -0.25) is 0 Å². The molecular formula is C18H12ClF3N2O3. The normalized spacial score (nSPS) is 11.9. The van der Waals surface area contributed by atoms with Gasteiger partial charge in [-0.1, -0.05) is 11.6 Å². The fraction of sp³-hybridized carbons (Fsp3) is 0.111. The molecular weight excluding hydrogens is 385 g/mol. The number of nitrogens with zero attached hydrogens (tertiary/aromatic N) is 1. The highest BCUT2D eigenvalue weighted by molar-refractivity contribution is 6.32. The fourth-order valence-corrected chi connectivity index (χ4v) is 2.56. The third-order valence-electron chi connectivity index (χ3n) is 3.55. The van der Waals surface area contributed by atoms with Crippen LogP contribution in [0.3, 0.4) is 0 Å². The van der Waals surface area contributed by atoms with E-state index >= 15 is 0 Å². The Balaban J connectivity index is 1.85. The summed E-state index contributed by atoms with van der Waals surface area (Å²) in [6.07, 6.45) is -2.00. The average molecular weight is 397 g/mol. The van der Waals surface area contributed by atoms with E-state index in [0.717, 1.165) is 6.07 Å². The van der Waals surface area contributed by atoms with Crippen LogP contribution < -0.4 is 10.4 Å². The molecule has 140 valence electrons. The summed E-state index contributed by atoms with van der Waals surface area (Å²) in [5.74, 6) is 1.40. The third-order valence-corrected chi connectivity index (χ3v) is 3.85. The molecule has 0 radical (unpaired) electrons. The zero-order valence-electron chi connectivity index (χ0n) is 13.8. The number of benzene rings is 1. The molecule has 3 aromatic rings. The predicted octanol–water partition coefficient (Wildman–Crippen LogP) is 4.88. The minimum atomic E-state index is -4.67. The first-order valence-corrected chi connectivity index (χ1v) is 7.94. The van der Waals surface area contributed by atoms with Crippen molar-refractivity contribution in [2.45, 2.75) is 6.18 Å². The van der Waals surface area contributed by atoms with Gasteiger partial charge in [0.05, 0.1) is 17.8 Å². The van der Waals surface area contributed by atoms with Crippen molar-refractivity contribution in [3.8, 4) is 17.1 Å². The maximum absolute atomic E-state index is 12.7. The molecule has 0 unspecified atom stereocenters. The van der Waals surface area contributed by atoms with Gasteiger partial charge in [0.25, 0.3) is 0 Å². The fourth-order valence-electron chi connectivity index (χ4n) is 2.30. The summed E-state index contributed by atoms with van der Waals surface area (Å²) in [5.41, 5.74) is -1.70. The van der Waals surface area contributed by atoms with Crippen LogP contribution in [-0.2, 0) is 6.18 Å². The molecule has 27 heavy (non-hydrogen) atoms. The van der Waals surface area contributed by atoms with Gasteiger partial charge in [-0.25, -0.2) is 4.79 Å². The van der Waals surface area contributed by atoms with E-state index < -0.39 is 17.6 Å². The van der Waals surface area contributed by atoms with Crippen molar-refractivity contribution in [2.75, 3.05) is 7.11 Å². The molecule has 2 heterocycles. The number of hydrogen-bond donors (Lipinski definition) is 1. The van der Waals surface area contributed by atoms with Crippen LogP contribution >= 0.6 is 11.6 Å². The molecule has 3 rings (SSSR count). The van der Waals surface area contributed by atoms with Crippen LogP contribution in [0.5, 0.6) is 5.75 Å². The highest BCUT2D eigenvalue weighted by Crippen LogP contribution is 2.31. The van der Waals surface area contributed by atoms with Gasteiger partial charge in [-0.2, -0.15) is 18.2 Å². The van der Waals surface area contributed by atoms with E-state index in [1.54, 1.807) is 35.3 Å². The van der Waals surface area contributed by atoms with Crippen molar-refractivity contribution in [2.24, 2.45) is 0 Å². The molecule has 0 fully saturated rings. The summed E-state index contributed by atoms with van der Waals surface area (Å²) in [6, 6.07) is 9.16. The lowest BCUT2D eigenvalue weighted by atomic mass is 10.2. The number of halogens is 4. The number of alkyl halides is 3. The Labute approximate surface area is 156 Å². The third kappa shape index (κ3) is 4.40. The number of nitrogens with one attached hydrogen (secondary N) is 1. The Morgan fingerprint density at radius 3 is 2.63 bits per heavy atom. The molecule has 2 aromatic heterocycles. The zero-order chi connectivity index (χ0) is 19.6. The number of aromatic amines is 1. The summed E-state index contributed by atoms with van der Waals surface area (Å²) >= 11 is 6.08. The topological polar surface area (TPSA) is 68.1 Å². The Morgan fingerprint density at radius 2 is 1.96 bits per heavy atom. The van der Waals surface area contributed by atoms with Crippen LogP contribution in [-0.4, -0.2) is 17.1 Å². The summed E-state index contributed by atoms with van der Waals surface area (Å²) in [7, 11) is 1.50. The smallest absolute Gasteiger partial charge is 0.431 e. The van der Waals surface area contributed by atoms with E-state index in [1.165, 1.54) is 19.3 Å². The molecule has 0 atom stereocenters. The largest absolute Gasteiger partial charge is 0.495 e. The summed E-state index contributed by atoms with van der Waals surface area (Å²) < 4.78 is 48.9. The molecule has 0 spiro atoms. The van der Waals surface area contributed by atoms with Gasteiger partial charge < -0.3 is 14.1 Å². The minimum Gasteiger partial charge on any atom is -0.495 e. The van der Waals surface area contributed by atoms with Crippen LogP contribution in [0.2, 0.25) is 5.02 Å². The first-order valence-electron chi connectivity index (χ1n) is 7.56. The van der Waals surface area contributed by atoms with Crippen molar-refractivity contribution in [1.29, 1.82) is 0 Å². The standard InChI is InChI=1S/C18H12ClF3N2O3/c1-26-15-6-2-10(8-13(15)19)14-7-5-12(27-14)4-3-11-9-16(18(20,21)22)24-17(25)23-11/h2-9H,1H3,(H,23,24,25)/b4-3+. The molecule has 0 aliphatic carbocycles. The first kappa shape index (κ1) is 18.8. The lowest BCUT2D eigenvalue weighted by Crippen LogP contribution is -2.19. The summed E-state index contributed by atoms with van der Waals surface area (Å²) in [4.78, 5) is 16.4. The molecule has 9 heteroatoms. The number of hydrogen-bond acceptors (Lipinski definition) is 4. The van der Waals surface area contributed by atoms with E-state index in [2.05, 4.69) is 4.98 Å². The Bertz CT molecular complexity index is 1050. The van der Waals surface area contributed by atoms with Crippen molar-refractivity contribution < 1.29 is 22.3 Å². The molecule has 1 N–H and O–H groups in total. The minimum absolute atomic E-state index is 0.142. The van der Waals surface area contributed by atoms with Crippen molar-refractivity contribution in [3.05, 3.63) is 69.1 Å². The van der Waals surface area contributed by atoms with Crippen LogP contribution in [0.15, 0.2) is 45.6 Å². The number of methoxy groups -OCH3 is 1. The SMILES string of the molecule is COc1ccc(-c2ccc(/C=C/c3cc(C(F)(F)F)[nH]c(=O)n3)o2)cc1Cl. The second-order valence-electron chi connectivity index (χ2n) is 5.41. The number of H-pyrrole nitrogens is 1. The highest BCUT2D eigenvalue weighted by Gasteiger charge is 2.32. The summed E-state index contributed by atoms with van der Waals surface area (Å²) in [6.45, 7) is 0. The first-order chi connectivity index (χ1) is 12.8. The van der Waals surface area contributed by atoms with E-state index in [4.69, 9.17) is 20.8 Å². The van der Waals surface area contributed by atoms with E-state index in [9.17, 15) is 18.0 Å². The number of furan rings is 1. The number of rotatable bonds is 4. The van der Waals surface area contributed by atoms with Gasteiger partial charge in [0.15, 0.2) is 0 Å². The van der Waals surface area contributed by atoms with Crippen LogP contribution in [0.4, 0.5) is 13.2 Å². The van der Waals surface area contributed by atoms with Gasteiger partial charge in [-0.05, 0) is 48.6 Å². The van der Waals surface area contributed by atoms with E-state index in [-0.39, 0.29) is 5.69 Å². The molecule has 0 amide bonds. The van der Waals surface area contributed by atoms with Gasteiger partial charge in [-0.15, -0.1) is 0 Å². The highest BCUT2D eigenvalue weighted by atomic mass is 35.5. The molecule has 0 aliphatic rings. The molecule has 5 nitrogen and oxygen atoms in total. The van der Waals surface area contributed by atoms with Gasteiger partial charge in [0, 0.05) is 5.56 Å². The molecule has 1 aromatic carbocycles. The maximum Gasteiger partial charge on any atom is 0.431 e. The lowest BCUT2D eigenvalue weighted by molar-refractivity contribution is -0.141. The molecule has 0 saturated carbocycles. The Hall–Kier alpha value is -3.00. The molecule has 0 bridgehead atoms. The monoisotopic (exact) mass is 396 g/mol. The quantitative estimate of drug-likeness (QED) is 0.682. The predicted molar refractivity (Wildman–Crippen MR) is 94.5 cm³/mol. The lowest BCUT2D eigenvalue weighted by Gasteiger charge is -2.05. The zero-order valence-corrected chi connectivity index (χ0v) is 14.6. The Morgan fingerprint density at radius 1 is 1.19 bits per heavy atom. The maximum atomic E-state index is 12.7. The van der Waals surface area contributed by atoms with Gasteiger partial charge in [0.1, 0.15) is 23.0 Å². The summed E-state index contributed by atoms with van der Waals surface area (Å²) in [5, 5.41) is 0.413.